The second-order valence-corrected chi connectivity index (χ2v) is 4.53. The summed E-state index contributed by atoms with van der Waals surface area (Å²) in [4.78, 5) is 11.1. The van der Waals surface area contributed by atoms with Crippen molar-refractivity contribution in [2.75, 3.05) is 5.32 Å². The number of rotatable bonds is 2. The minimum atomic E-state index is -0.291. The number of anilines is 1. The largest absolute Gasteiger partial charge is 0.325 e. The van der Waals surface area contributed by atoms with Gasteiger partial charge in [0.1, 0.15) is 6.42 Å². The summed E-state index contributed by atoms with van der Waals surface area (Å²) < 4.78 is 1.99. The van der Waals surface area contributed by atoms with E-state index in [1.807, 2.05) is 6.07 Å². The predicted octanol–water partition coefficient (Wildman–Crippen LogP) is 2.91. The van der Waals surface area contributed by atoms with Crippen molar-refractivity contribution in [2.45, 2.75) is 6.42 Å². The fraction of sp³-hybridized carbons (Fsp3) is 0.111. The van der Waals surface area contributed by atoms with Gasteiger partial charge in [0.15, 0.2) is 0 Å². The van der Waals surface area contributed by atoms with Gasteiger partial charge in [0.25, 0.3) is 0 Å². The van der Waals surface area contributed by atoms with Crippen LogP contribution in [0.4, 0.5) is 5.69 Å². The van der Waals surface area contributed by atoms with Crippen LogP contribution in [0.15, 0.2) is 22.7 Å². The zero-order chi connectivity index (χ0) is 10.6. The van der Waals surface area contributed by atoms with E-state index < -0.39 is 0 Å². The van der Waals surface area contributed by atoms with Crippen LogP contribution in [0, 0.1) is 14.9 Å². The first-order valence-electron chi connectivity index (χ1n) is 3.75. The Morgan fingerprint density at radius 3 is 2.93 bits per heavy atom. The third-order valence-electron chi connectivity index (χ3n) is 1.44. The van der Waals surface area contributed by atoms with E-state index in [1.54, 1.807) is 18.2 Å². The van der Waals surface area contributed by atoms with Gasteiger partial charge >= 0.3 is 0 Å². The maximum atomic E-state index is 11.1. The second kappa shape index (κ2) is 5.32. The van der Waals surface area contributed by atoms with E-state index in [9.17, 15) is 4.79 Å². The van der Waals surface area contributed by atoms with Gasteiger partial charge in [-0.2, -0.15) is 5.26 Å². The van der Waals surface area contributed by atoms with Crippen molar-refractivity contribution in [2.24, 2.45) is 0 Å². The van der Waals surface area contributed by atoms with Crippen molar-refractivity contribution in [3.63, 3.8) is 0 Å². The summed E-state index contributed by atoms with van der Waals surface area (Å²) in [6, 6.07) is 7.27. The normalized spacial score (nSPS) is 9.21. The summed E-state index contributed by atoms with van der Waals surface area (Å²) in [5, 5.41) is 10.9. The van der Waals surface area contributed by atoms with E-state index in [2.05, 4.69) is 43.8 Å². The third-order valence-corrected chi connectivity index (χ3v) is 3.78. The quantitative estimate of drug-likeness (QED) is 0.820. The van der Waals surface area contributed by atoms with Crippen LogP contribution >= 0.6 is 38.5 Å². The number of nitrogens with one attached hydrogen (secondary N) is 1. The van der Waals surface area contributed by atoms with Crippen molar-refractivity contribution in [1.82, 2.24) is 0 Å². The molecule has 0 aliphatic carbocycles. The summed E-state index contributed by atoms with van der Waals surface area (Å²) in [6.45, 7) is 0. The van der Waals surface area contributed by atoms with Crippen molar-refractivity contribution in [3.05, 3.63) is 26.2 Å². The molecule has 0 fully saturated rings. The summed E-state index contributed by atoms with van der Waals surface area (Å²) in [7, 11) is 0. The Hall–Kier alpha value is -0.610. The lowest BCUT2D eigenvalue weighted by molar-refractivity contribution is -0.115. The minimum absolute atomic E-state index is 0.121. The van der Waals surface area contributed by atoms with Crippen LogP contribution in [0.1, 0.15) is 6.42 Å². The summed E-state index contributed by atoms with van der Waals surface area (Å²) in [6.07, 6.45) is -0.121. The molecule has 5 heteroatoms. The summed E-state index contributed by atoms with van der Waals surface area (Å²) in [5.74, 6) is -0.291. The minimum Gasteiger partial charge on any atom is -0.325 e. The molecule has 1 amide bonds. The lowest BCUT2D eigenvalue weighted by Gasteiger charge is -2.03. The topological polar surface area (TPSA) is 52.9 Å². The first-order chi connectivity index (χ1) is 6.63. The van der Waals surface area contributed by atoms with Crippen LogP contribution in [-0.2, 0) is 4.79 Å². The Balaban J connectivity index is 2.74. The van der Waals surface area contributed by atoms with Gasteiger partial charge in [-0.3, -0.25) is 4.79 Å². The molecule has 0 saturated heterocycles. The zero-order valence-corrected chi connectivity index (χ0v) is 10.8. The zero-order valence-electron chi connectivity index (χ0n) is 7.05. The molecule has 0 radical (unpaired) electrons. The molecule has 0 aromatic heterocycles. The molecule has 1 rings (SSSR count). The average molecular weight is 365 g/mol. The van der Waals surface area contributed by atoms with Crippen LogP contribution in [-0.4, -0.2) is 5.91 Å². The lowest BCUT2D eigenvalue weighted by Crippen LogP contribution is -2.09. The molecule has 1 N–H and O–H groups in total. The van der Waals surface area contributed by atoms with Crippen molar-refractivity contribution in [1.29, 1.82) is 5.26 Å². The van der Waals surface area contributed by atoms with Gasteiger partial charge in [0.05, 0.1) is 6.07 Å². The maximum absolute atomic E-state index is 11.1. The fourth-order valence-corrected chi connectivity index (χ4v) is 1.57. The highest BCUT2D eigenvalue weighted by molar-refractivity contribution is 14.1. The summed E-state index contributed by atoms with van der Waals surface area (Å²) >= 11 is 5.53. The number of hydrogen-bond donors (Lipinski definition) is 1. The van der Waals surface area contributed by atoms with Crippen LogP contribution < -0.4 is 5.32 Å². The summed E-state index contributed by atoms with van der Waals surface area (Å²) in [5.41, 5.74) is 0.692. The van der Waals surface area contributed by atoms with Crippen LogP contribution in [0.3, 0.4) is 0 Å². The second-order valence-electron chi connectivity index (χ2n) is 2.51. The number of carbonyl (C=O) groups excluding carboxylic acids is 1. The van der Waals surface area contributed by atoms with Crippen molar-refractivity contribution in [3.8, 4) is 6.07 Å². The molecule has 3 nitrogen and oxygen atoms in total. The Labute approximate surface area is 104 Å². The number of nitrogens with zero attached hydrogens (tertiary/aromatic N) is 1. The fourth-order valence-electron chi connectivity index (χ4n) is 0.851. The number of hydrogen-bond acceptors (Lipinski definition) is 2. The Morgan fingerprint density at radius 2 is 2.36 bits per heavy atom. The predicted molar refractivity (Wildman–Crippen MR) is 65.7 cm³/mol. The van der Waals surface area contributed by atoms with Gasteiger partial charge in [-0.15, -0.1) is 0 Å². The molecule has 0 aliphatic heterocycles. The lowest BCUT2D eigenvalue weighted by atomic mass is 10.3. The number of benzene rings is 1. The van der Waals surface area contributed by atoms with Gasteiger partial charge in [-0.25, -0.2) is 0 Å². The van der Waals surface area contributed by atoms with Gasteiger partial charge in [-0.1, -0.05) is 0 Å². The maximum Gasteiger partial charge on any atom is 0.238 e. The first-order valence-corrected chi connectivity index (χ1v) is 5.62. The standard InChI is InChI=1S/C9H6BrIN2O/c10-7-5-6(1-2-8(7)11)13-9(14)3-4-12/h1-2,5H,3H2,(H,13,14). The molecule has 14 heavy (non-hydrogen) atoms. The van der Waals surface area contributed by atoms with Gasteiger partial charge in [0, 0.05) is 13.7 Å². The SMILES string of the molecule is N#CCC(=O)Nc1ccc(I)c(Br)c1. The van der Waals surface area contributed by atoms with Crippen LogP contribution in [0.25, 0.3) is 0 Å². The third kappa shape index (κ3) is 3.27. The van der Waals surface area contributed by atoms with Gasteiger partial charge < -0.3 is 5.32 Å². The van der Waals surface area contributed by atoms with Crippen molar-refractivity contribution >= 4 is 50.1 Å². The highest BCUT2D eigenvalue weighted by Gasteiger charge is 2.02. The average Bonchev–Trinajstić information content (AvgIpc) is 2.12. The number of amides is 1. The molecule has 0 bridgehead atoms. The molecule has 0 aliphatic rings. The van der Waals surface area contributed by atoms with E-state index in [0.717, 1.165) is 8.04 Å². The Kier molecular flexibility index (Phi) is 4.35. The van der Waals surface area contributed by atoms with E-state index in [4.69, 9.17) is 5.26 Å². The van der Waals surface area contributed by atoms with Gasteiger partial charge in [0.2, 0.25) is 5.91 Å². The van der Waals surface area contributed by atoms with E-state index >= 15 is 0 Å². The molecule has 0 heterocycles. The van der Waals surface area contributed by atoms with E-state index in [0.29, 0.717) is 5.69 Å². The monoisotopic (exact) mass is 364 g/mol. The molecule has 0 saturated carbocycles. The van der Waals surface area contributed by atoms with E-state index in [-0.39, 0.29) is 12.3 Å². The molecule has 72 valence electrons. The van der Waals surface area contributed by atoms with Gasteiger partial charge in [-0.05, 0) is 56.7 Å². The van der Waals surface area contributed by atoms with Crippen LogP contribution in [0.2, 0.25) is 0 Å². The number of carbonyl (C=O) groups is 1. The highest BCUT2D eigenvalue weighted by atomic mass is 127. The first kappa shape index (κ1) is 11.5. The Morgan fingerprint density at radius 1 is 1.64 bits per heavy atom. The highest BCUT2D eigenvalue weighted by Crippen LogP contribution is 2.22. The molecule has 0 atom stereocenters. The number of halogens is 2. The molecular weight excluding hydrogens is 359 g/mol. The smallest absolute Gasteiger partial charge is 0.238 e. The molecular formula is C9H6BrIN2O. The van der Waals surface area contributed by atoms with Crippen molar-refractivity contribution < 1.29 is 4.79 Å². The molecule has 1 aromatic carbocycles. The molecule has 1 aromatic rings. The van der Waals surface area contributed by atoms with E-state index in [1.165, 1.54) is 0 Å². The van der Waals surface area contributed by atoms with Crippen LogP contribution in [0.5, 0.6) is 0 Å². The number of nitriles is 1. The molecule has 0 unspecified atom stereocenters. The Bertz CT molecular complexity index is 400. The molecule has 0 spiro atoms.